The smallest absolute Gasteiger partial charge is 0.150 e. The van der Waals surface area contributed by atoms with E-state index in [1.54, 1.807) is 0 Å². The van der Waals surface area contributed by atoms with Gasteiger partial charge in [-0.2, -0.15) is 5.10 Å². The molecule has 0 unspecified atom stereocenters. The third-order valence-corrected chi connectivity index (χ3v) is 1.74. The van der Waals surface area contributed by atoms with Crippen LogP contribution in [-0.2, 0) is 13.0 Å². The van der Waals surface area contributed by atoms with Crippen LogP contribution in [0.25, 0.3) is 0 Å². The largest absolute Gasteiger partial charge is 0.310 e. The van der Waals surface area contributed by atoms with Crippen molar-refractivity contribution in [1.82, 2.24) is 20.5 Å². The average Bonchev–Trinajstić information content (AvgIpc) is 2.52. The number of hydrogen-bond donors (Lipinski definition) is 2. The molecule has 0 atom stereocenters. The molecule has 74 valence electrons. The molecule has 0 aliphatic rings. The summed E-state index contributed by atoms with van der Waals surface area (Å²) in [4.78, 5) is 4.30. The van der Waals surface area contributed by atoms with E-state index in [2.05, 4.69) is 41.3 Å². The van der Waals surface area contributed by atoms with Crippen LogP contribution in [0.5, 0.6) is 0 Å². The molecule has 2 N–H and O–H groups in total. The zero-order valence-electron chi connectivity index (χ0n) is 8.59. The SMILES string of the molecule is CCc1n[nH]c(CNCC(C)C)n1. The Kier molecular flexibility index (Phi) is 3.89. The summed E-state index contributed by atoms with van der Waals surface area (Å²) in [6.07, 6.45) is 0.890. The normalized spacial score (nSPS) is 11.1. The van der Waals surface area contributed by atoms with Crippen molar-refractivity contribution in [2.75, 3.05) is 6.54 Å². The van der Waals surface area contributed by atoms with Gasteiger partial charge in [0, 0.05) is 6.42 Å². The minimum Gasteiger partial charge on any atom is -0.310 e. The number of H-pyrrole nitrogens is 1. The van der Waals surface area contributed by atoms with Crippen molar-refractivity contribution in [2.24, 2.45) is 5.92 Å². The number of nitrogens with one attached hydrogen (secondary N) is 2. The van der Waals surface area contributed by atoms with E-state index in [4.69, 9.17) is 0 Å². The first-order chi connectivity index (χ1) is 6.22. The summed E-state index contributed by atoms with van der Waals surface area (Å²) in [5.41, 5.74) is 0. The van der Waals surface area contributed by atoms with Gasteiger partial charge in [0.1, 0.15) is 11.6 Å². The Morgan fingerprint density at radius 1 is 1.46 bits per heavy atom. The van der Waals surface area contributed by atoms with Gasteiger partial charge < -0.3 is 5.32 Å². The number of aryl methyl sites for hydroxylation is 1. The van der Waals surface area contributed by atoms with E-state index in [-0.39, 0.29) is 0 Å². The Labute approximate surface area is 79.2 Å². The first-order valence-corrected chi connectivity index (χ1v) is 4.83. The lowest BCUT2D eigenvalue weighted by Crippen LogP contribution is -2.19. The van der Waals surface area contributed by atoms with Crippen LogP contribution in [-0.4, -0.2) is 21.7 Å². The predicted octanol–water partition coefficient (Wildman–Crippen LogP) is 1.11. The van der Waals surface area contributed by atoms with Crippen molar-refractivity contribution < 1.29 is 0 Å². The lowest BCUT2D eigenvalue weighted by Gasteiger charge is -2.04. The van der Waals surface area contributed by atoms with Crippen LogP contribution in [0.3, 0.4) is 0 Å². The van der Waals surface area contributed by atoms with Gasteiger partial charge in [0.15, 0.2) is 0 Å². The quantitative estimate of drug-likeness (QED) is 0.717. The van der Waals surface area contributed by atoms with Gasteiger partial charge in [-0.15, -0.1) is 0 Å². The maximum absolute atomic E-state index is 4.30. The summed E-state index contributed by atoms with van der Waals surface area (Å²) in [5, 5.41) is 10.3. The van der Waals surface area contributed by atoms with Crippen molar-refractivity contribution in [3.63, 3.8) is 0 Å². The molecule has 4 heteroatoms. The molecule has 0 saturated heterocycles. The van der Waals surface area contributed by atoms with Crippen molar-refractivity contribution in [3.05, 3.63) is 11.6 Å². The molecule has 0 aliphatic carbocycles. The zero-order chi connectivity index (χ0) is 9.68. The molecule has 1 heterocycles. The molecule has 1 aromatic rings. The van der Waals surface area contributed by atoms with Gasteiger partial charge in [-0.1, -0.05) is 20.8 Å². The van der Waals surface area contributed by atoms with Crippen LogP contribution in [0.4, 0.5) is 0 Å². The van der Waals surface area contributed by atoms with Gasteiger partial charge in [0.05, 0.1) is 6.54 Å². The molecule has 1 aromatic heterocycles. The molecule has 0 aromatic carbocycles. The summed E-state index contributed by atoms with van der Waals surface area (Å²) >= 11 is 0. The molecule has 0 bridgehead atoms. The van der Waals surface area contributed by atoms with E-state index in [0.717, 1.165) is 31.2 Å². The van der Waals surface area contributed by atoms with Gasteiger partial charge in [-0.3, -0.25) is 5.10 Å². The Morgan fingerprint density at radius 3 is 2.77 bits per heavy atom. The highest BCUT2D eigenvalue weighted by Crippen LogP contribution is 1.94. The maximum atomic E-state index is 4.30. The number of aromatic nitrogens is 3. The second-order valence-electron chi connectivity index (χ2n) is 3.58. The Hall–Kier alpha value is -0.900. The molecule has 1 rings (SSSR count). The van der Waals surface area contributed by atoms with Gasteiger partial charge in [0.2, 0.25) is 0 Å². The molecule has 13 heavy (non-hydrogen) atoms. The number of hydrogen-bond acceptors (Lipinski definition) is 3. The van der Waals surface area contributed by atoms with Crippen molar-refractivity contribution in [1.29, 1.82) is 0 Å². The summed E-state index contributed by atoms with van der Waals surface area (Å²) < 4.78 is 0. The lowest BCUT2D eigenvalue weighted by atomic mass is 10.2. The Bertz CT molecular complexity index is 242. The third kappa shape index (κ3) is 3.55. The van der Waals surface area contributed by atoms with Crippen LogP contribution in [0.1, 0.15) is 32.4 Å². The highest BCUT2D eigenvalue weighted by Gasteiger charge is 2.00. The Balaban J connectivity index is 2.28. The van der Waals surface area contributed by atoms with Gasteiger partial charge in [0.25, 0.3) is 0 Å². The second kappa shape index (κ2) is 4.97. The molecule has 0 radical (unpaired) electrons. The highest BCUT2D eigenvalue weighted by atomic mass is 15.2. The maximum Gasteiger partial charge on any atom is 0.150 e. The Morgan fingerprint density at radius 2 is 2.23 bits per heavy atom. The van der Waals surface area contributed by atoms with E-state index in [1.807, 2.05) is 0 Å². The summed E-state index contributed by atoms with van der Waals surface area (Å²) in [5.74, 6) is 2.49. The molecule has 0 spiro atoms. The van der Waals surface area contributed by atoms with Gasteiger partial charge in [-0.25, -0.2) is 4.98 Å². The van der Waals surface area contributed by atoms with Gasteiger partial charge in [-0.05, 0) is 12.5 Å². The molecular weight excluding hydrogens is 164 g/mol. The van der Waals surface area contributed by atoms with Crippen LogP contribution in [0.2, 0.25) is 0 Å². The van der Waals surface area contributed by atoms with Crippen LogP contribution >= 0.6 is 0 Å². The standard InChI is InChI=1S/C9H18N4/c1-4-8-11-9(13-12-8)6-10-5-7(2)3/h7,10H,4-6H2,1-3H3,(H,11,12,13). The van der Waals surface area contributed by atoms with Crippen LogP contribution < -0.4 is 5.32 Å². The van der Waals surface area contributed by atoms with Crippen LogP contribution in [0.15, 0.2) is 0 Å². The van der Waals surface area contributed by atoms with E-state index in [0.29, 0.717) is 5.92 Å². The van der Waals surface area contributed by atoms with Crippen molar-refractivity contribution >= 4 is 0 Å². The summed E-state index contributed by atoms with van der Waals surface area (Å²) in [6.45, 7) is 8.22. The third-order valence-electron chi connectivity index (χ3n) is 1.74. The molecule has 0 fully saturated rings. The van der Waals surface area contributed by atoms with Crippen LogP contribution in [0, 0.1) is 5.92 Å². The predicted molar refractivity (Wildman–Crippen MR) is 52.3 cm³/mol. The first kappa shape index (κ1) is 10.2. The number of aromatic amines is 1. The number of nitrogens with zero attached hydrogens (tertiary/aromatic N) is 2. The summed E-state index contributed by atoms with van der Waals surface area (Å²) in [7, 11) is 0. The highest BCUT2D eigenvalue weighted by molar-refractivity contribution is 4.89. The lowest BCUT2D eigenvalue weighted by molar-refractivity contribution is 0.543. The molecule has 0 amide bonds. The fourth-order valence-corrected chi connectivity index (χ4v) is 1.05. The molecule has 0 aliphatic heterocycles. The first-order valence-electron chi connectivity index (χ1n) is 4.83. The van der Waals surface area contributed by atoms with E-state index < -0.39 is 0 Å². The fourth-order valence-electron chi connectivity index (χ4n) is 1.05. The van der Waals surface area contributed by atoms with Crippen molar-refractivity contribution in [2.45, 2.75) is 33.7 Å². The molecule has 0 saturated carbocycles. The fraction of sp³-hybridized carbons (Fsp3) is 0.778. The minimum absolute atomic E-state index is 0.675. The second-order valence-corrected chi connectivity index (χ2v) is 3.58. The van der Waals surface area contributed by atoms with Crippen molar-refractivity contribution in [3.8, 4) is 0 Å². The molecule has 4 nitrogen and oxygen atoms in total. The minimum atomic E-state index is 0.675. The van der Waals surface area contributed by atoms with E-state index in [1.165, 1.54) is 0 Å². The molecular formula is C9H18N4. The number of rotatable bonds is 5. The van der Waals surface area contributed by atoms with Gasteiger partial charge >= 0.3 is 0 Å². The van der Waals surface area contributed by atoms with E-state index >= 15 is 0 Å². The zero-order valence-corrected chi connectivity index (χ0v) is 8.59. The topological polar surface area (TPSA) is 53.6 Å². The average molecular weight is 182 g/mol. The monoisotopic (exact) mass is 182 g/mol. The van der Waals surface area contributed by atoms with E-state index in [9.17, 15) is 0 Å². The summed E-state index contributed by atoms with van der Waals surface area (Å²) in [6, 6.07) is 0.